The Labute approximate surface area is 158 Å². The van der Waals surface area contributed by atoms with Gasteiger partial charge in [-0.05, 0) is 69.2 Å². The molecule has 0 unspecified atom stereocenters. The Morgan fingerprint density at radius 2 is 1.88 bits per heavy atom. The van der Waals surface area contributed by atoms with Gasteiger partial charge in [-0.3, -0.25) is 4.79 Å². The normalized spacial score (nSPS) is 12.4. The quantitative estimate of drug-likeness (QED) is 0.669. The molecule has 26 heavy (non-hydrogen) atoms. The number of benzene rings is 1. The molecule has 1 heterocycles. The monoisotopic (exact) mass is 380 g/mol. The van der Waals surface area contributed by atoms with E-state index in [1.807, 2.05) is 6.92 Å². The molecule has 0 fully saturated rings. The lowest BCUT2D eigenvalue weighted by atomic mass is 10.1. The molecular formula is C20H26F2N2OS. The number of hydrogen-bond donors (Lipinski definition) is 1. The van der Waals surface area contributed by atoms with E-state index >= 15 is 0 Å². The molecule has 1 aromatic heterocycles. The Morgan fingerprint density at radius 1 is 1.15 bits per heavy atom. The minimum Gasteiger partial charge on any atom is -0.349 e. The molecule has 6 heteroatoms. The molecular weight excluding hydrogens is 354 g/mol. The van der Waals surface area contributed by atoms with Crippen molar-refractivity contribution in [2.45, 2.75) is 39.7 Å². The summed E-state index contributed by atoms with van der Waals surface area (Å²) in [6, 6.07) is 7.34. The maximum absolute atomic E-state index is 13.4. The van der Waals surface area contributed by atoms with Gasteiger partial charge in [-0.15, -0.1) is 11.3 Å². The van der Waals surface area contributed by atoms with Crippen molar-refractivity contribution in [1.82, 2.24) is 10.2 Å². The molecule has 1 aromatic carbocycles. The molecule has 2 aromatic rings. The summed E-state index contributed by atoms with van der Waals surface area (Å²) in [5, 5.41) is 3.01. The van der Waals surface area contributed by atoms with Gasteiger partial charge in [0.15, 0.2) is 11.6 Å². The van der Waals surface area contributed by atoms with Crippen molar-refractivity contribution in [2.75, 3.05) is 19.6 Å². The number of carbonyl (C=O) groups excluding carboxylic acids is 1. The fraction of sp³-hybridized carbons (Fsp3) is 0.450. The third-order valence-corrected chi connectivity index (χ3v) is 5.55. The number of hydrogen-bond acceptors (Lipinski definition) is 3. The first kappa shape index (κ1) is 20.5. The molecule has 0 aliphatic carbocycles. The SMILES string of the molecule is CCN(CC)CCC[C@H](C)NC(=O)c1ccc(-c2ccc(F)c(F)c2)s1. The third-order valence-electron chi connectivity index (χ3n) is 4.42. The molecule has 1 atom stereocenters. The largest absolute Gasteiger partial charge is 0.349 e. The summed E-state index contributed by atoms with van der Waals surface area (Å²) in [6.45, 7) is 9.42. The Hall–Kier alpha value is -1.79. The minimum atomic E-state index is -0.885. The van der Waals surface area contributed by atoms with Crippen LogP contribution in [0.3, 0.4) is 0 Å². The Balaban J connectivity index is 1.90. The molecule has 1 amide bonds. The standard InChI is InChI=1S/C20H26F2N2OS/c1-4-24(5-2)12-6-7-14(3)23-20(25)19-11-10-18(26-19)15-8-9-16(21)17(22)13-15/h8-11,13-14H,4-7,12H2,1-3H3,(H,23,25)/t14-/m0/s1. The van der Waals surface area contributed by atoms with Gasteiger partial charge < -0.3 is 10.2 Å². The molecule has 0 bridgehead atoms. The van der Waals surface area contributed by atoms with Gasteiger partial charge >= 0.3 is 0 Å². The number of carbonyl (C=O) groups is 1. The van der Waals surface area contributed by atoms with Crippen molar-refractivity contribution in [3.8, 4) is 10.4 Å². The summed E-state index contributed by atoms with van der Waals surface area (Å²) >= 11 is 1.28. The molecule has 2 rings (SSSR count). The highest BCUT2D eigenvalue weighted by atomic mass is 32.1. The van der Waals surface area contributed by atoms with E-state index in [1.165, 1.54) is 17.4 Å². The van der Waals surface area contributed by atoms with E-state index in [1.54, 1.807) is 12.1 Å². The van der Waals surface area contributed by atoms with Crippen LogP contribution < -0.4 is 5.32 Å². The Morgan fingerprint density at radius 3 is 2.54 bits per heavy atom. The van der Waals surface area contributed by atoms with Gasteiger partial charge in [0.05, 0.1) is 4.88 Å². The summed E-state index contributed by atoms with van der Waals surface area (Å²) in [7, 11) is 0. The molecule has 142 valence electrons. The van der Waals surface area contributed by atoms with Crippen molar-refractivity contribution >= 4 is 17.2 Å². The first-order valence-corrected chi connectivity index (χ1v) is 9.84. The highest BCUT2D eigenvalue weighted by molar-refractivity contribution is 7.17. The number of nitrogens with one attached hydrogen (secondary N) is 1. The summed E-state index contributed by atoms with van der Waals surface area (Å²) in [6.07, 6.45) is 1.96. The van der Waals surface area contributed by atoms with Gasteiger partial charge in [-0.1, -0.05) is 19.9 Å². The van der Waals surface area contributed by atoms with E-state index in [-0.39, 0.29) is 11.9 Å². The zero-order chi connectivity index (χ0) is 19.1. The van der Waals surface area contributed by atoms with E-state index < -0.39 is 11.6 Å². The van der Waals surface area contributed by atoms with Crippen LogP contribution in [0.2, 0.25) is 0 Å². The molecule has 0 radical (unpaired) electrons. The van der Waals surface area contributed by atoms with Gasteiger partial charge in [0.1, 0.15) is 0 Å². The molecule has 0 spiro atoms. The minimum absolute atomic E-state index is 0.0897. The second kappa shape index (κ2) is 9.78. The fourth-order valence-corrected chi connectivity index (χ4v) is 3.70. The highest BCUT2D eigenvalue weighted by Gasteiger charge is 2.14. The van der Waals surface area contributed by atoms with Crippen LogP contribution in [-0.2, 0) is 0 Å². The van der Waals surface area contributed by atoms with Gasteiger partial charge in [0.25, 0.3) is 5.91 Å². The first-order chi connectivity index (χ1) is 12.4. The number of amides is 1. The predicted octanol–water partition coefficient (Wildman–Crippen LogP) is 4.93. The second-order valence-corrected chi connectivity index (χ2v) is 7.42. The number of rotatable bonds is 9. The molecule has 0 saturated heterocycles. The zero-order valence-electron chi connectivity index (χ0n) is 15.5. The van der Waals surface area contributed by atoms with Crippen molar-refractivity contribution in [3.05, 3.63) is 46.8 Å². The fourth-order valence-electron chi connectivity index (χ4n) is 2.79. The number of thiophene rings is 1. The van der Waals surface area contributed by atoms with E-state index in [0.717, 1.165) is 49.5 Å². The van der Waals surface area contributed by atoms with Crippen LogP contribution in [0.5, 0.6) is 0 Å². The van der Waals surface area contributed by atoms with Gasteiger partial charge in [-0.2, -0.15) is 0 Å². The Kier molecular flexibility index (Phi) is 7.72. The van der Waals surface area contributed by atoms with Crippen LogP contribution >= 0.6 is 11.3 Å². The van der Waals surface area contributed by atoms with Gasteiger partial charge in [0, 0.05) is 10.9 Å². The van der Waals surface area contributed by atoms with Crippen LogP contribution in [0.1, 0.15) is 43.3 Å². The maximum atomic E-state index is 13.4. The maximum Gasteiger partial charge on any atom is 0.261 e. The molecule has 1 N–H and O–H groups in total. The van der Waals surface area contributed by atoms with E-state index in [4.69, 9.17) is 0 Å². The van der Waals surface area contributed by atoms with Crippen molar-refractivity contribution in [3.63, 3.8) is 0 Å². The van der Waals surface area contributed by atoms with Crippen LogP contribution in [-0.4, -0.2) is 36.5 Å². The van der Waals surface area contributed by atoms with Crippen LogP contribution in [0, 0.1) is 11.6 Å². The zero-order valence-corrected chi connectivity index (χ0v) is 16.3. The highest BCUT2D eigenvalue weighted by Crippen LogP contribution is 2.29. The topological polar surface area (TPSA) is 32.3 Å². The van der Waals surface area contributed by atoms with Gasteiger partial charge in [0.2, 0.25) is 0 Å². The summed E-state index contributed by atoms with van der Waals surface area (Å²) < 4.78 is 26.4. The van der Waals surface area contributed by atoms with Crippen LogP contribution in [0.4, 0.5) is 8.78 Å². The van der Waals surface area contributed by atoms with Crippen molar-refractivity contribution < 1.29 is 13.6 Å². The lowest BCUT2D eigenvalue weighted by Crippen LogP contribution is -2.33. The lowest BCUT2D eigenvalue weighted by Gasteiger charge is -2.19. The van der Waals surface area contributed by atoms with E-state index in [2.05, 4.69) is 24.1 Å². The first-order valence-electron chi connectivity index (χ1n) is 9.03. The average Bonchev–Trinajstić information content (AvgIpc) is 3.11. The van der Waals surface area contributed by atoms with E-state index in [9.17, 15) is 13.6 Å². The summed E-state index contributed by atoms with van der Waals surface area (Å²) in [5.41, 5.74) is 0.570. The summed E-state index contributed by atoms with van der Waals surface area (Å²) in [5.74, 6) is -1.88. The molecule has 0 saturated carbocycles. The molecule has 3 nitrogen and oxygen atoms in total. The van der Waals surface area contributed by atoms with Crippen LogP contribution in [0.25, 0.3) is 10.4 Å². The van der Waals surface area contributed by atoms with Crippen LogP contribution in [0.15, 0.2) is 30.3 Å². The van der Waals surface area contributed by atoms with Crippen molar-refractivity contribution in [2.24, 2.45) is 0 Å². The average molecular weight is 381 g/mol. The lowest BCUT2D eigenvalue weighted by molar-refractivity contribution is 0.0941. The van der Waals surface area contributed by atoms with E-state index in [0.29, 0.717) is 10.4 Å². The van der Waals surface area contributed by atoms with Gasteiger partial charge in [-0.25, -0.2) is 8.78 Å². The Bertz CT molecular complexity index is 728. The van der Waals surface area contributed by atoms with Crippen molar-refractivity contribution in [1.29, 1.82) is 0 Å². The second-order valence-electron chi connectivity index (χ2n) is 6.34. The molecule has 0 aliphatic heterocycles. The smallest absolute Gasteiger partial charge is 0.261 e. The predicted molar refractivity (Wildman–Crippen MR) is 104 cm³/mol. The third kappa shape index (κ3) is 5.61. The number of nitrogens with zero attached hydrogens (tertiary/aromatic N) is 1. The summed E-state index contributed by atoms with van der Waals surface area (Å²) in [4.78, 5) is 16.1. The number of halogens is 2. The molecule has 0 aliphatic rings.